The molecule has 80 valence electrons. The van der Waals surface area contributed by atoms with Gasteiger partial charge in [-0.2, -0.15) is 13.2 Å². The number of alkyl halides is 3. The van der Waals surface area contributed by atoms with E-state index in [2.05, 4.69) is 15.9 Å². The molecule has 1 rings (SSSR count). The Balaban J connectivity index is 2.84. The summed E-state index contributed by atoms with van der Waals surface area (Å²) in [4.78, 5) is 10.5. The zero-order chi connectivity index (χ0) is 11.5. The van der Waals surface area contributed by atoms with Crippen LogP contribution in [-0.4, -0.2) is 12.0 Å². The Morgan fingerprint density at radius 1 is 1.27 bits per heavy atom. The second-order valence-corrected chi connectivity index (χ2v) is 3.57. The lowest BCUT2D eigenvalue weighted by molar-refractivity contribution is -0.165. The minimum atomic E-state index is -4.81. The molecule has 15 heavy (non-hydrogen) atoms. The molecule has 0 fully saturated rings. The number of halogens is 4. The minimum Gasteiger partial charge on any atom is -0.285 e. The highest BCUT2D eigenvalue weighted by atomic mass is 79.9. The third kappa shape index (κ3) is 3.51. The monoisotopic (exact) mass is 278 g/mol. The standard InChI is InChI=1S/C10H6BrF3O/c11-8-4-2-1-3-7(8)5-6-9(15)10(12,13)14/h1-6H/b6-5+. The summed E-state index contributed by atoms with van der Waals surface area (Å²) >= 11 is 3.15. The molecule has 0 bridgehead atoms. The van der Waals surface area contributed by atoms with Crippen LogP contribution in [0.4, 0.5) is 13.2 Å². The summed E-state index contributed by atoms with van der Waals surface area (Å²) < 4.78 is 36.2. The molecule has 0 aliphatic rings. The van der Waals surface area contributed by atoms with Crippen LogP contribution in [0.15, 0.2) is 34.8 Å². The quantitative estimate of drug-likeness (QED) is 0.756. The highest BCUT2D eigenvalue weighted by Crippen LogP contribution is 2.20. The highest BCUT2D eigenvalue weighted by Gasteiger charge is 2.35. The first-order chi connectivity index (χ1) is 6.91. The summed E-state index contributed by atoms with van der Waals surface area (Å²) in [5.41, 5.74) is 0.523. The van der Waals surface area contributed by atoms with Gasteiger partial charge in [-0.15, -0.1) is 0 Å². The first-order valence-electron chi connectivity index (χ1n) is 3.95. The van der Waals surface area contributed by atoms with E-state index >= 15 is 0 Å². The minimum absolute atomic E-state index is 0.514. The fourth-order valence-electron chi connectivity index (χ4n) is 0.870. The predicted octanol–water partition coefficient (Wildman–Crippen LogP) is 3.59. The van der Waals surface area contributed by atoms with Crippen molar-refractivity contribution in [1.82, 2.24) is 0 Å². The summed E-state index contributed by atoms with van der Waals surface area (Å²) in [6, 6.07) is 6.68. The molecule has 0 aromatic heterocycles. The molecular weight excluding hydrogens is 273 g/mol. The maximum atomic E-state index is 11.8. The molecule has 5 heteroatoms. The molecule has 0 aliphatic carbocycles. The van der Waals surface area contributed by atoms with E-state index < -0.39 is 12.0 Å². The fourth-order valence-corrected chi connectivity index (χ4v) is 1.29. The first-order valence-corrected chi connectivity index (χ1v) is 4.74. The van der Waals surface area contributed by atoms with Crippen LogP contribution in [0.2, 0.25) is 0 Å². The van der Waals surface area contributed by atoms with Crippen LogP contribution < -0.4 is 0 Å². The zero-order valence-corrected chi connectivity index (χ0v) is 8.97. The average Bonchev–Trinajstić information content (AvgIpc) is 2.14. The Morgan fingerprint density at radius 2 is 1.87 bits per heavy atom. The summed E-state index contributed by atoms with van der Waals surface area (Å²) in [5.74, 6) is -1.86. The van der Waals surface area contributed by atoms with E-state index in [0.717, 1.165) is 6.08 Å². The number of carbonyl (C=O) groups excluding carboxylic acids is 1. The molecule has 0 amide bonds. The van der Waals surface area contributed by atoms with E-state index in [1.54, 1.807) is 24.3 Å². The summed E-state index contributed by atoms with van der Waals surface area (Å²) in [5, 5.41) is 0. The number of hydrogen-bond acceptors (Lipinski definition) is 1. The second-order valence-electron chi connectivity index (χ2n) is 2.72. The lowest BCUT2D eigenvalue weighted by Gasteiger charge is -2.00. The number of carbonyl (C=O) groups is 1. The van der Waals surface area contributed by atoms with Crippen LogP contribution in [0.5, 0.6) is 0 Å². The summed E-state index contributed by atoms with van der Waals surface area (Å²) in [6.45, 7) is 0. The summed E-state index contributed by atoms with van der Waals surface area (Å²) in [7, 11) is 0. The lowest BCUT2D eigenvalue weighted by atomic mass is 10.2. The Hall–Kier alpha value is -1.10. The third-order valence-corrected chi connectivity index (χ3v) is 2.32. The Bertz CT molecular complexity index is 396. The molecule has 0 aliphatic heterocycles. The van der Waals surface area contributed by atoms with Gasteiger partial charge in [0, 0.05) is 4.47 Å². The fraction of sp³-hybridized carbons (Fsp3) is 0.100. The first kappa shape index (κ1) is 12.0. The smallest absolute Gasteiger partial charge is 0.285 e. The van der Waals surface area contributed by atoms with Crippen LogP contribution >= 0.6 is 15.9 Å². The van der Waals surface area contributed by atoms with Gasteiger partial charge in [-0.05, 0) is 23.8 Å². The van der Waals surface area contributed by atoms with Crippen molar-refractivity contribution in [1.29, 1.82) is 0 Å². The lowest BCUT2D eigenvalue weighted by Crippen LogP contribution is -2.19. The van der Waals surface area contributed by atoms with E-state index in [1.165, 1.54) is 0 Å². The average molecular weight is 279 g/mol. The Kier molecular flexibility index (Phi) is 3.68. The van der Waals surface area contributed by atoms with Crippen molar-refractivity contribution >= 4 is 27.8 Å². The van der Waals surface area contributed by atoms with Crippen LogP contribution in [0, 0.1) is 0 Å². The van der Waals surface area contributed by atoms with Crippen molar-refractivity contribution in [2.24, 2.45) is 0 Å². The SMILES string of the molecule is O=C(/C=C/c1ccccc1Br)C(F)(F)F. The van der Waals surface area contributed by atoms with Gasteiger partial charge in [0.25, 0.3) is 5.78 Å². The van der Waals surface area contributed by atoms with Crippen LogP contribution in [-0.2, 0) is 4.79 Å². The van der Waals surface area contributed by atoms with Gasteiger partial charge in [0.05, 0.1) is 0 Å². The van der Waals surface area contributed by atoms with E-state index in [4.69, 9.17) is 0 Å². The molecule has 1 aromatic carbocycles. The van der Waals surface area contributed by atoms with Crippen molar-refractivity contribution in [3.63, 3.8) is 0 Å². The van der Waals surface area contributed by atoms with Crippen molar-refractivity contribution in [3.8, 4) is 0 Å². The van der Waals surface area contributed by atoms with Crippen molar-refractivity contribution in [2.45, 2.75) is 6.18 Å². The normalized spacial score (nSPS) is 12.0. The Labute approximate surface area is 92.7 Å². The second kappa shape index (κ2) is 4.61. The molecule has 0 unspecified atom stereocenters. The molecule has 0 N–H and O–H groups in total. The van der Waals surface area contributed by atoms with Gasteiger partial charge >= 0.3 is 6.18 Å². The number of benzene rings is 1. The molecule has 0 saturated heterocycles. The molecule has 0 heterocycles. The van der Waals surface area contributed by atoms with Crippen molar-refractivity contribution in [2.75, 3.05) is 0 Å². The van der Waals surface area contributed by atoms with Gasteiger partial charge in [-0.25, -0.2) is 0 Å². The van der Waals surface area contributed by atoms with Gasteiger partial charge in [0.15, 0.2) is 0 Å². The molecular formula is C10H6BrF3O. The van der Waals surface area contributed by atoms with Crippen LogP contribution in [0.3, 0.4) is 0 Å². The zero-order valence-electron chi connectivity index (χ0n) is 7.38. The number of hydrogen-bond donors (Lipinski definition) is 0. The molecule has 0 saturated carbocycles. The number of allylic oxidation sites excluding steroid dienone is 1. The van der Waals surface area contributed by atoms with E-state index in [0.29, 0.717) is 16.1 Å². The number of ketones is 1. The van der Waals surface area contributed by atoms with Gasteiger partial charge in [0.2, 0.25) is 0 Å². The number of rotatable bonds is 2. The predicted molar refractivity (Wildman–Crippen MR) is 54.2 cm³/mol. The molecule has 0 atom stereocenters. The van der Waals surface area contributed by atoms with Crippen LogP contribution in [0.25, 0.3) is 6.08 Å². The van der Waals surface area contributed by atoms with Gasteiger partial charge in [-0.3, -0.25) is 4.79 Å². The molecule has 1 aromatic rings. The van der Waals surface area contributed by atoms with Gasteiger partial charge in [0.1, 0.15) is 0 Å². The largest absolute Gasteiger partial charge is 0.454 e. The molecule has 1 nitrogen and oxygen atoms in total. The topological polar surface area (TPSA) is 17.1 Å². The summed E-state index contributed by atoms with van der Waals surface area (Å²) in [6.07, 6.45) is -3.17. The molecule has 0 radical (unpaired) electrons. The van der Waals surface area contributed by atoms with Crippen molar-refractivity contribution < 1.29 is 18.0 Å². The van der Waals surface area contributed by atoms with Gasteiger partial charge in [-0.1, -0.05) is 34.1 Å². The van der Waals surface area contributed by atoms with E-state index in [1.807, 2.05) is 0 Å². The Morgan fingerprint density at radius 3 is 2.40 bits per heavy atom. The van der Waals surface area contributed by atoms with Gasteiger partial charge < -0.3 is 0 Å². The molecule has 0 spiro atoms. The van der Waals surface area contributed by atoms with E-state index in [9.17, 15) is 18.0 Å². The van der Waals surface area contributed by atoms with Crippen LogP contribution in [0.1, 0.15) is 5.56 Å². The maximum absolute atomic E-state index is 11.8. The third-order valence-electron chi connectivity index (χ3n) is 1.60. The highest BCUT2D eigenvalue weighted by molar-refractivity contribution is 9.10. The van der Waals surface area contributed by atoms with Crippen molar-refractivity contribution in [3.05, 3.63) is 40.4 Å². The van der Waals surface area contributed by atoms with E-state index in [-0.39, 0.29) is 0 Å². The maximum Gasteiger partial charge on any atom is 0.454 e.